The number of nitrogens with one attached hydrogen (secondary N) is 1. The van der Waals surface area contributed by atoms with Crippen LogP contribution in [-0.4, -0.2) is 27.6 Å². The number of hydrogen-bond acceptors (Lipinski definition) is 5. The van der Waals surface area contributed by atoms with Crippen molar-refractivity contribution in [3.05, 3.63) is 59.0 Å². The summed E-state index contributed by atoms with van der Waals surface area (Å²) in [4.78, 5) is 4.35. The van der Waals surface area contributed by atoms with Gasteiger partial charge >= 0.3 is 0 Å². The number of hydrogen-bond donors (Lipinski definition) is 1. The van der Waals surface area contributed by atoms with Crippen LogP contribution in [0.4, 0.5) is 5.69 Å². The van der Waals surface area contributed by atoms with Crippen molar-refractivity contribution < 1.29 is 17.9 Å². The molecule has 1 aliphatic rings. The summed E-state index contributed by atoms with van der Waals surface area (Å²) in [6.45, 7) is 0. The van der Waals surface area contributed by atoms with Gasteiger partial charge in [-0.15, -0.1) is 0 Å². The minimum Gasteiger partial charge on any atom is -0.501 e. The molecule has 0 radical (unpaired) electrons. The second-order valence-electron chi connectivity index (χ2n) is 5.33. The molecule has 0 fully saturated rings. The molecule has 0 atom stereocenters. The Hall–Kier alpha value is -2.54. The van der Waals surface area contributed by atoms with Gasteiger partial charge in [0.1, 0.15) is 10.7 Å². The first kappa shape index (κ1) is 16.3. The lowest BCUT2D eigenvalue weighted by atomic mass is 10.1. The minimum absolute atomic E-state index is 0.0845. The van der Waals surface area contributed by atoms with E-state index in [4.69, 9.17) is 9.47 Å². The normalized spacial score (nSPS) is 15.2. The van der Waals surface area contributed by atoms with Crippen molar-refractivity contribution in [2.45, 2.75) is 12.8 Å². The van der Waals surface area contributed by atoms with Gasteiger partial charge < -0.3 is 9.47 Å². The van der Waals surface area contributed by atoms with Crippen LogP contribution in [-0.2, 0) is 19.5 Å². The Morgan fingerprint density at radius 1 is 1.12 bits per heavy atom. The number of methoxy groups -OCH3 is 2. The van der Waals surface area contributed by atoms with Crippen LogP contribution in [0.3, 0.4) is 0 Å². The maximum Gasteiger partial charge on any atom is 0.265 e. The van der Waals surface area contributed by atoms with Gasteiger partial charge in [0.2, 0.25) is 0 Å². The molecule has 0 aliphatic heterocycles. The molecule has 3 rings (SSSR count). The minimum atomic E-state index is -3.80. The van der Waals surface area contributed by atoms with E-state index < -0.39 is 10.0 Å². The molecule has 0 bridgehead atoms. The van der Waals surface area contributed by atoms with Gasteiger partial charge in [-0.3, -0.25) is 9.71 Å². The van der Waals surface area contributed by atoms with E-state index in [9.17, 15) is 8.42 Å². The second kappa shape index (κ2) is 6.52. The molecule has 7 heteroatoms. The number of benzene rings is 1. The summed E-state index contributed by atoms with van der Waals surface area (Å²) in [5, 5.41) is 0.857. The van der Waals surface area contributed by atoms with Crippen LogP contribution >= 0.6 is 0 Å². The molecule has 1 aliphatic carbocycles. The average molecular weight is 346 g/mol. The Bertz CT molecular complexity index is 933. The van der Waals surface area contributed by atoms with Crippen molar-refractivity contribution in [2.75, 3.05) is 18.9 Å². The van der Waals surface area contributed by atoms with Crippen LogP contribution in [0.25, 0.3) is 10.9 Å². The Balaban J connectivity index is 1.97. The molecule has 1 aromatic carbocycles. The molecule has 6 nitrogen and oxygen atoms in total. The zero-order valence-corrected chi connectivity index (χ0v) is 14.3. The third-order valence-corrected chi connectivity index (χ3v) is 5.24. The van der Waals surface area contributed by atoms with E-state index in [1.807, 2.05) is 24.3 Å². The van der Waals surface area contributed by atoms with Gasteiger partial charge in [0.05, 0.1) is 37.4 Å². The highest BCUT2D eigenvalue weighted by molar-refractivity contribution is 7.96. The Morgan fingerprint density at radius 2 is 1.92 bits per heavy atom. The lowest BCUT2D eigenvalue weighted by Crippen LogP contribution is -2.18. The van der Waals surface area contributed by atoms with Gasteiger partial charge in [-0.1, -0.05) is 18.2 Å². The monoisotopic (exact) mass is 346 g/mol. The smallest absolute Gasteiger partial charge is 0.265 e. The van der Waals surface area contributed by atoms with E-state index in [1.54, 1.807) is 6.07 Å². The van der Waals surface area contributed by atoms with Gasteiger partial charge in [-0.05, 0) is 18.2 Å². The first-order chi connectivity index (χ1) is 11.5. The number of fused-ring (bicyclic) bond motifs is 1. The molecule has 0 saturated carbocycles. The summed E-state index contributed by atoms with van der Waals surface area (Å²) in [5.74, 6) is 1.02. The van der Waals surface area contributed by atoms with Crippen LogP contribution in [0, 0.1) is 0 Å². The van der Waals surface area contributed by atoms with E-state index >= 15 is 0 Å². The number of rotatable bonds is 5. The molecule has 1 aromatic heterocycles. The van der Waals surface area contributed by atoms with E-state index in [2.05, 4.69) is 9.71 Å². The van der Waals surface area contributed by atoms with Gasteiger partial charge in [0.15, 0.2) is 0 Å². The lowest BCUT2D eigenvalue weighted by Gasteiger charge is -2.19. The summed E-state index contributed by atoms with van der Waals surface area (Å²) < 4.78 is 38.5. The van der Waals surface area contributed by atoms with Gasteiger partial charge in [0, 0.05) is 18.2 Å². The van der Waals surface area contributed by atoms with Gasteiger partial charge in [-0.2, -0.15) is 0 Å². The molecule has 0 amide bonds. The van der Waals surface area contributed by atoms with Crippen LogP contribution in [0.5, 0.6) is 0 Å². The number of anilines is 1. The molecule has 0 spiro atoms. The van der Waals surface area contributed by atoms with Crippen LogP contribution < -0.4 is 4.72 Å². The third kappa shape index (κ3) is 3.21. The van der Waals surface area contributed by atoms with Crippen molar-refractivity contribution in [1.29, 1.82) is 0 Å². The van der Waals surface area contributed by atoms with Crippen molar-refractivity contribution >= 4 is 26.6 Å². The number of pyridine rings is 1. The summed E-state index contributed by atoms with van der Waals surface area (Å²) in [6, 6.07) is 9.25. The van der Waals surface area contributed by atoms with Crippen molar-refractivity contribution in [2.24, 2.45) is 0 Å². The van der Waals surface area contributed by atoms with E-state index in [-0.39, 0.29) is 4.91 Å². The lowest BCUT2D eigenvalue weighted by molar-refractivity contribution is 0.242. The highest BCUT2D eigenvalue weighted by atomic mass is 32.2. The van der Waals surface area contributed by atoms with Crippen molar-refractivity contribution in [3.8, 4) is 0 Å². The average Bonchev–Trinajstić information content (AvgIpc) is 2.60. The fourth-order valence-corrected chi connectivity index (χ4v) is 3.89. The zero-order valence-electron chi connectivity index (χ0n) is 13.4. The van der Waals surface area contributed by atoms with Crippen molar-refractivity contribution in [3.63, 3.8) is 0 Å². The van der Waals surface area contributed by atoms with E-state index in [1.165, 1.54) is 26.5 Å². The number of ether oxygens (including phenoxy) is 2. The van der Waals surface area contributed by atoms with Crippen molar-refractivity contribution in [1.82, 2.24) is 4.98 Å². The van der Waals surface area contributed by atoms with Crippen LogP contribution in [0.1, 0.15) is 12.8 Å². The second-order valence-corrected chi connectivity index (χ2v) is 6.98. The standard InChI is InChI=1S/C17H18N2O4S/c1-22-14-7-8-16(23-2)17(10-14)24(20,21)19-13-9-12-5-3-4-6-15(12)18-11-13/h3-6,9-11,19H,7-8H2,1-2H3. The molecular formula is C17H18N2O4S. The Kier molecular flexibility index (Phi) is 4.44. The van der Waals surface area contributed by atoms with Crippen LogP contribution in [0.15, 0.2) is 59.0 Å². The fraction of sp³-hybridized carbons (Fsp3) is 0.235. The molecule has 0 saturated heterocycles. The predicted molar refractivity (Wildman–Crippen MR) is 92.6 cm³/mol. The Morgan fingerprint density at radius 3 is 2.67 bits per heavy atom. The van der Waals surface area contributed by atoms with Crippen LogP contribution in [0.2, 0.25) is 0 Å². The molecule has 24 heavy (non-hydrogen) atoms. The number of para-hydroxylation sites is 1. The van der Waals surface area contributed by atoms with E-state index in [0.29, 0.717) is 30.0 Å². The topological polar surface area (TPSA) is 77.5 Å². The number of nitrogens with zero attached hydrogens (tertiary/aromatic N) is 1. The predicted octanol–water partition coefficient (Wildman–Crippen LogP) is 3.16. The number of aromatic nitrogens is 1. The quantitative estimate of drug-likeness (QED) is 0.900. The largest absolute Gasteiger partial charge is 0.501 e. The fourth-order valence-electron chi connectivity index (χ4n) is 2.59. The molecule has 2 aromatic rings. The molecule has 1 N–H and O–H groups in total. The highest BCUT2D eigenvalue weighted by Gasteiger charge is 2.26. The molecule has 0 unspecified atom stereocenters. The Labute approximate surface area is 140 Å². The number of sulfonamides is 1. The third-order valence-electron chi connectivity index (χ3n) is 3.81. The highest BCUT2D eigenvalue weighted by Crippen LogP contribution is 2.29. The van der Waals surface area contributed by atoms with E-state index in [0.717, 1.165) is 10.9 Å². The van der Waals surface area contributed by atoms with Gasteiger partial charge in [-0.25, -0.2) is 8.42 Å². The maximum atomic E-state index is 12.7. The first-order valence-corrected chi connectivity index (χ1v) is 8.91. The number of allylic oxidation sites excluding steroid dienone is 3. The molecular weight excluding hydrogens is 328 g/mol. The molecule has 1 heterocycles. The maximum absolute atomic E-state index is 12.7. The summed E-state index contributed by atoms with van der Waals surface area (Å²) in [7, 11) is -0.812. The summed E-state index contributed by atoms with van der Waals surface area (Å²) in [6.07, 6.45) is 4.08. The SMILES string of the molecule is COC1=CC(S(=O)(=O)Nc2cnc3ccccc3c2)=C(OC)CC1. The van der Waals surface area contributed by atoms with Gasteiger partial charge in [0.25, 0.3) is 10.0 Å². The zero-order chi connectivity index (χ0) is 17.2. The molecule has 126 valence electrons. The first-order valence-electron chi connectivity index (χ1n) is 7.43. The summed E-state index contributed by atoms with van der Waals surface area (Å²) >= 11 is 0. The summed E-state index contributed by atoms with van der Waals surface area (Å²) in [5.41, 5.74) is 1.20.